The van der Waals surface area contributed by atoms with Gasteiger partial charge in [0.25, 0.3) is 0 Å². The summed E-state index contributed by atoms with van der Waals surface area (Å²) in [5, 5.41) is 0. The molecule has 0 amide bonds. The molecule has 13 heavy (non-hydrogen) atoms. The van der Waals surface area contributed by atoms with Gasteiger partial charge in [-0.1, -0.05) is 42.0 Å². The Kier molecular flexibility index (Phi) is 1.84. The van der Waals surface area contributed by atoms with E-state index in [9.17, 15) is 0 Å². The largest absolute Gasteiger partial charge is 0.0955 e. The van der Waals surface area contributed by atoms with E-state index in [1.54, 1.807) is 0 Å². The van der Waals surface area contributed by atoms with Gasteiger partial charge in [0, 0.05) is 0 Å². The lowest BCUT2D eigenvalue weighted by Gasteiger charge is -2.16. The highest BCUT2D eigenvalue weighted by molar-refractivity contribution is 5.72. The zero-order chi connectivity index (χ0) is 9.42. The number of allylic oxidation sites excluding steroid dienone is 3. The van der Waals surface area contributed by atoms with Crippen LogP contribution in [0, 0.1) is 6.92 Å². The number of rotatable bonds is 0. The Morgan fingerprint density at radius 3 is 2.77 bits per heavy atom. The first-order valence-corrected chi connectivity index (χ1v) is 4.63. The molecular weight excluding hydrogens is 156 g/mol. The summed E-state index contributed by atoms with van der Waals surface area (Å²) < 4.78 is 0. The van der Waals surface area contributed by atoms with Crippen LogP contribution in [0.15, 0.2) is 36.4 Å². The first kappa shape index (κ1) is 8.31. The summed E-state index contributed by atoms with van der Waals surface area (Å²) >= 11 is 0. The van der Waals surface area contributed by atoms with Crippen LogP contribution < -0.4 is 0 Å². The fraction of sp³-hybridized carbons (Fsp3) is 0.231. The Hall–Kier alpha value is -1.30. The predicted molar refractivity (Wildman–Crippen MR) is 57.7 cm³/mol. The van der Waals surface area contributed by atoms with Crippen LogP contribution in [0.5, 0.6) is 0 Å². The summed E-state index contributed by atoms with van der Waals surface area (Å²) in [6.07, 6.45) is 3.19. The molecule has 0 saturated carbocycles. The van der Waals surface area contributed by atoms with Gasteiger partial charge in [0.1, 0.15) is 0 Å². The molecule has 0 bridgehead atoms. The molecule has 1 aromatic carbocycles. The Balaban J connectivity index is 2.60. The minimum absolute atomic E-state index is 1.01. The maximum atomic E-state index is 4.02. The number of benzene rings is 1. The molecule has 0 unspecified atom stereocenters. The highest BCUT2D eigenvalue weighted by atomic mass is 14.1. The molecule has 66 valence electrons. The molecule has 0 heteroatoms. The zero-order valence-electron chi connectivity index (χ0n) is 8.22. The number of hydrogen-bond acceptors (Lipinski definition) is 0. The van der Waals surface area contributed by atoms with Crippen molar-refractivity contribution in [3.8, 4) is 0 Å². The Morgan fingerprint density at radius 2 is 2.00 bits per heavy atom. The molecule has 0 saturated heterocycles. The topological polar surface area (TPSA) is 0 Å². The highest BCUT2D eigenvalue weighted by Crippen LogP contribution is 2.28. The van der Waals surface area contributed by atoms with Crippen molar-refractivity contribution >= 4 is 5.57 Å². The van der Waals surface area contributed by atoms with E-state index in [0.717, 1.165) is 6.42 Å². The zero-order valence-corrected chi connectivity index (χ0v) is 8.22. The summed E-state index contributed by atoms with van der Waals surface area (Å²) in [5.74, 6) is 0. The monoisotopic (exact) mass is 170 g/mol. The van der Waals surface area contributed by atoms with Gasteiger partial charge in [-0.2, -0.15) is 0 Å². The third kappa shape index (κ3) is 1.44. The molecule has 0 fully saturated rings. The minimum Gasteiger partial charge on any atom is -0.0955 e. The first-order valence-electron chi connectivity index (χ1n) is 4.63. The smallest absolute Gasteiger partial charge is 0.00254 e. The molecule has 1 aliphatic rings. The first-order chi connectivity index (χ1) is 6.16. The SMILES string of the molecule is C=C1C=C(C)c2ccc(C)cc2C1. The van der Waals surface area contributed by atoms with E-state index in [-0.39, 0.29) is 0 Å². The van der Waals surface area contributed by atoms with Crippen molar-refractivity contribution in [3.05, 3.63) is 53.1 Å². The fourth-order valence-corrected chi connectivity index (χ4v) is 1.93. The van der Waals surface area contributed by atoms with Gasteiger partial charge in [-0.3, -0.25) is 0 Å². The molecule has 1 aliphatic carbocycles. The van der Waals surface area contributed by atoms with Gasteiger partial charge in [-0.15, -0.1) is 0 Å². The fourth-order valence-electron chi connectivity index (χ4n) is 1.93. The summed E-state index contributed by atoms with van der Waals surface area (Å²) in [6.45, 7) is 8.30. The average molecular weight is 170 g/mol. The molecule has 0 radical (unpaired) electrons. The summed E-state index contributed by atoms with van der Waals surface area (Å²) in [4.78, 5) is 0. The van der Waals surface area contributed by atoms with Crippen molar-refractivity contribution in [1.29, 1.82) is 0 Å². The van der Waals surface area contributed by atoms with Crippen LogP contribution in [-0.2, 0) is 6.42 Å². The second-order valence-corrected chi connectivity index (χ2v) is 3.82. The number of fused-ring (bicyclic) bond motifs is 1. The van der Waals surface area contributed by atoms with Crippen LogP contribution >= 0.6 is 0 Å². The minimum atomic E-state index is 1.01. The maximum Gasteiger partial charge on any atom is -0.00254 e. The van der Waals surface area contributed by atoms with Crippen molar-refractivity contribution in [2.24, 2.45) is 0 Å². The molecule has 0 heterocycles. The van der Waals surface area contributed by atoms with Crippen LogP contribution in [0.3, 0.4) is 0 Å². The van der Waals surface area contributed by atoms with E-state index in [1.165, 1.54) is 27.8 Å². The molecule has 0 nitrogen and oxygen atoms in total. The van der Waals surface area contributed by atoms with Crippen LogP contribution in [-0.4, -0.2) is 0 Å². The van der Waals surface area contributed by atoms with E-state index >= 15 is 0 Å². The van der Waals surface area contributed by atoms with Gasteiger partial charge in [0.05, 0.1) is 0 Å². The molecule has 0 aromatic heterocycles. The third-order valence-corrected chi connectivity index (χ3v) is 2.52. The lowest BCUT2D eigenvalue weighted by Crippen LogP contribution is -2.00. The van der Waals surface area contributed by atoms with Crippen LogP contribution in [0.1, 0.15) is 23.6 Å². The normalized spacial score (nSPS) is 15.2. The molecule has 0 N–H and O–H groups in total. The van der Waals surface area contributed by atoms with E-state index in [1.807, 2.05) is 0 Å². The molecule has 1 aromatic rings. The lowest BCUT2D eigenvalue weighted by molar-refractivity contribution is 1.15. The second-order valence-electron chi connectivity index (χ2n) is 3.82. The van der Waals surface area contributed by atoms with Crippen molar-refractivity contribution in [1.82, 2.24) is 0 Å². The third-order valence-electron chi connectivity index (χ3n) is 2.52. The number of hydrogen-bond donors (Lipinski definition) is 0. The number of aryl methyl sites for hydroxylation is 1. The predicted octanol–water partition coefficient (Wildman–Crippen LogP) is 3.51. The molecule has 0 spiro atoms. The van der Waals surface area contributed by atoms with E-state index < -0.39 is 0 Å². The molecule has 0 atom stereocenters. The summed E-state index contributed by atoms with van der Waals surface area (Å²) in [5.41, 5.74) is 6.70. The Morgan fingerprint density at radius 1 is 1.23 bits per heavy atom. The Bertz CT molecular complexity index is 394. The lowest BCUT2D eigenvalue weighted by atomic mass is 9.88. The van der Waals surface area contributed by atoms with Gasteiger partial charge in [-0.25, -0.2) is 0 Å². The standard InChI is InChI=1S/C13H14/c1-9-4-5-13-11(3)6-10(2)8-12(13)7-9/h4-7H,2,8H2,1,3H3. The van der Waals surface area contributed by atoms with Crippen LogP contribution in [0.4, 0.5) is 0 Å². The van der Waals surface area contributed by atoms with Crippen molar-refractivity contribution in [2.45, 2.75) is 20.3 Å². The molecular formula is C13H14. The van der Waals surface area contributed by atoms with E-state index in [4.69, 9.17) is 0 Å². The van der Waals surface area contributed by atoms with Crippen molar-refractivity contribution < 1.29 is 0 Å². The van der Waals surface area contributed by atoms with Crippen molar-refractivity contribution in [3.63, 3.8) is 0 Å². The van der Waals surface area contributed by atoms with Gasteiger partial charge >= 0.3 is 0 Å². The van der Waals surface area contributed by atoms with Crippen LogP contribution in [0.2, 0.25) is 0 Å². The summed E-state index contributed by atoms with van der Waals surface area (Å²) in [6, 6.07) is 6.64. The second kappa shape index (κ2) is 2.88. The van der Waals surface area contributed by atoms with Gasteiger partial charge < -0.3 is 0 Å². The Labute approximate surface area is 79.6 Å². The summed E-state index contributed by atoms with van der Waals surface area (Å²) in [7, 11) is 0. The van der Waals surface area contributed by atoms with E-state index in [0.29, 0.717) is 0 Å². The van der Waals surface area contributed by atoms with Crippen LogP contribution in [0.25, 0.3) is 5.57 Å². The molecule has 0 aliphatic heterocycles. The van der Waals surface area contributed by atoms with Gasteiger partial charge in [-0.05, 0) is 37.0 Å². The molecule has 2 rings (SSSR count). The van der Waals surface area contributed by atoms with Gasteiger partial charge in [0.15, 0.2) is 0 Å². The maximum absolute atomic E-state index is 4.02. The quantitative estimate of drug-likeness (QED) is 0.559. The van der Waals surface area contributed by atoms with Gasteiger partial charge in [0.2, 0.25) is 0 Å². The van der Waals surface area contributed by atoms with E-state index in [2.05, 4.69) is 44.7 Å². The highest BCUT2D eigenvalue weighted by Gasteiger charge is 2.10. The average Bonchev–Trinajstić information content (AvgIpc) is 2.02. The van der Waals surface area contributed by atoms with Crippen molar-refractivity contribution in [2.75, 3.05) is 0 Å².